The normalized spacial score (nSPS) is 13.7. The summed E-state index contributed by atoms with van der Waals surface area (Å²) in [7, 11) is 1.68. The second-order valence-electron chi connectivity index (χ2n) is 5.14. The molecule has 2 atom stereocenters. The quantitative estimate of drug-likeness (QED) is 0.796. The van der Waals surface area contributed by atoms with E-state index in [-0.39, 0.29) is 6.04 Å². The highest BCUT2D eigenvalue weighted by Gasteiger charge is 2.15. The molecular weight excluding hydrogens is 282 g/mol. The molecule has 2 aromatic carbocycles. The lowest BCUT2D eigenvalue weighted by atomic mass is 10.0. The molecule has 0 bridgehead atoms. The van der Waals surface area contributed by atoms with Crippen molar-refractivity contribution >= 4 is 11.6 Å². The zero-order chi connectivity index (χ0) is 15.2. The summed E-state index contributed by atoms with van der Waals surface area (Å²) in [5.74, 6) is 0.882. The molecule has 0 saturated carbocycles. The summed E-state index contributed by atoms with van der Waals surface area (Å²) in [6.07, 6.45) is 1.02. The van der Waals surface area contributed by atoms with Crippen LogP contribution in [-0.4, -0.2) is 7.11 Å². The Hall–Kier alpha value is -1.51. The van der Waals surface area contributed by atoms with Crippen LogP contribution in [-0.2, 0) is 0 Å². The fourth-order valence-corrected chi connectivity index (χ4v) is 2.80. The maximum absolute atomic E-state index is 6.27. The van der Waals surface area contributed by atoms with E-state index in [4.69, 9.17) is 16.3 Å². The van der Waals surface area contributed by atoms with Gasteiger partial charge in [-0.25, -0.2) is 0 Å². The lowest BCUT2D eigenvalue weighted by molar-refractivity contribution is 0.413. The molecule has 21 heavy (non-hydrogen) atoms. The van der Waals surface area contributed by atoms with Gasteiger partial charge in [0.25, 0.3) is 0 Å². The van der Waals surface area contributed by atoms with Crippen LogP contribution in [0.25, 0.3) is 0 Å². The zero-order valence-corrected chi connectivity index (χ0v) is 13.5. The molecule has 1 N–H and O–H groups in total. The number of hydrogen-bond donors (Lipinski definition) is 1. The van der Waals surface area contributed by atoms with Crippen molar-refractivity contribution in [3.05, 3.63) is 64.7 Å². The lowest BCUT2D eigenvalue weighted by Crippen LogP contribution is -2.24. The number of methoxy groups -OCH3 is 1. The highest BCUT2D eigenvalue weighted by atomic mass is 35.5. The maximum atomic E-state index is 6.27. The van der Waals surface area contributed by atoms with E-state index < -0.39 is 0 Å². The Kier molecular flexibility index (Phi) is 5.66. The first-order valence-electron chi connectivity index (χ1n) is 7.30. The predicted octanol–water partition coefficient (Wildman–Crippen LogP) is 5.15. The SMILES string of the molecule is CCC(N[C@H](C)c1ccccc1Cl)c1ccc(OC)cc1. The van der Waals surface area contributed by atoms with Gasteiger partial charge in [-0.15, -0.1) is 0 Å². The molecule has 0 fully saturated rings. The van der Waals surface area contributed by atoms with Crippen LogP contribution < -0.4 is 10.1 Å². The number of benzene rings is 2. The Morgan fingerprint density at radius 1 is 1.10 bits per heavy atom. The molecule has 2 rings (SSSR count). The molecule has 0 saturated heterocycles. The molecule has 112 valence electrons. The lowest BCUT2D eigenvalue weighted by Gasteiger charge is -2.24. The minimum Gasteiger partial charge on any atom is -0.497 e. The first-order chi connectivity index (χ1) is 10.2. The highest BCUT2D eigenvalue weighted by molar-refractivity contribution is 6.31. The van der Waals surface area contributed by atoms with Gasteiger partial charge in [0.05, 0.1) is 7.11 Å². The van der Waals surface area contributed by atoms with E-state index in [1.807, 2.05) is 30.3 Å². The number of ether oxygens (including phenoxy) is 1. The Morgan fingerprint density at radius 2 is 1.76 bits per heavy atom. The molecule has 0 aliphatic rings. The van der Waals surface area contributed by atoms with Crippen LogP contribution in [0.1, 0.15) is 43.5 Å². The van der Waals surface area contributed by atoms with Gasteiger partial charge in [-0.2, -0.15) is 0 Å². The smallest absolute Gasteiger partial charge is 0.118 e. The van der Waals surface area contributed by atoms with Gasteiger partial charge in [0.2, 0.25) is 0 Å². The van der Waals surface area contributed by atoms with Crippen LogP contribution in [0.4, 0.5) is 0 Å². The highest BCUT2D eigenvalue weighted by Crippen LogP contribution is 2.27. The fraction of sp³-hybridized carbons (Fsp3) is 0.333. The Labute approximate surface area is 132 Å². The summed E-state index contributed by atoms with van der Waals surface area (Å²) in [5, 5.41) is 4.46. The summed E-state index contributed by atoms with van der Waals surface area (Å²) in [6.45, 7) is 4.33. The van der Waals surface area contributed by atoms with Crippen molar-refractivity contribution in [2.75, 3.05) is 7.11 Å². The Morgan fingerprint density at radius 3 is 2.33 bits per heavy atom. The van der Waals surface area contributed by atoms with E-state index in [0.29, 0.717) is 6.04 Å². The van der Waals surface area contributed by atoms with E-state index in [9.17, 15) is 0 Å². The molecule has 0 amide bonds. The first-order valence-corrected chi connectivity index (χ1v) is 7.68. The minimum atomic E-state index is 0.200. The van der Waals surface area contributed by atoms with E-state index in [1.165, 1.54) is 5.56 Å². The molecule has 3 heteroatoms. The summed E-state index contributed by atoms with van der Waals surface area (Å²) in [6, 6.07) is 16.7. The van der Waals surface area contributed by atoms with Gasteiger partial charge >= 0.3 is 0 Å². The fourth-order valence-electron chi connectivity index (χ4n) is 2.50. The third-order valence-electron chi connectivity index (χ3n) is 3.75. The van der Waals surface area contributed by atoms with E-state index in [1.54, 1.807) is 7.11 Å². The molecule has 2 aromatic rings. The summed E-state index contributed by atoms with van der Waals surface area (Å²) in [4.78, 5) is 0. The van der Waals surface area contributed by atoms with Crippen LogP contribution >= 0.6 is 11.6 Å². The van der Waals surface area contributed by atoms with Crippen LogP contribution in [0.15, 0.2) is 48.5 Å². The summed E-state index contributed by atoms with van der Waals surface area (Å²) in [5.41, 5.74) is 2.39. The van der Waals surface area contributed by atoms with Crippen LogP contribution in [0.3, 0.4) is 0 Å². The summed E-state index contributed by atoms with van der Waals surface area (Å²) < 4.78 is 5.21. The van der Waals surface area contributed by atoms with Crippen molar-refractivity contribution in [2.45, 2.75) is 32.4 Å². The number of rotatable bonds is 6. The van der Waals surface area contributed by atoms with Crippen LogP contribution in [0.2, 0.25) is 5.02 Å². The van der Waals surface area contributed by atoms with Gasteiger partial charge in [-0.1, -0.05) is 48.9 Å². The topological polar surface area (TPSA) is 21.3 Å². The van der Waals surface area contributed by atoms with Crippen molar-refractivity contribution in [3.8, 4) is 5.75 Å². The van der Waals surface area contributed by atoms with Crippen molar-refractivity contribution < 1.29 is 4.74 Å². The van der Waals surface area contributed by atoms with Gasteiger partial charge in [0.1, 0.15) is 5.75 Å². The predicted molar refractivity (Wildman–Crippen MR) is 89.0 cm³/mol. The molecule has 0 heterocycles. The monoisotopic (exact) mass is 303 g/mol. The van der Waals surface area contributed by atoms with Gasteiger partial charge in [-0.05, 0) is 42.7 Å². The van der Waals surface area contributed by atoms with E-state index >= 15 is 0 Å². The largest absolute Gasteiger partial charge is 0.497 e. The minimum absolute atomic E-state index is 0.200. The molecule has 0 radical (unpaired) electrons. The number of nitrogens with one attached hydrogen (secondary N) is 1. The maximum Gasteiger partial charge on any atom is 0.118 e. The second kappa shape index (κ2) is 7.48. The average molecular weight is 304 g/mol. The molecule has 0 aliphatic heterocycles. The van der Waals surface area contributed by atoms with Gasteiger partial charge < -0.3 is 10.1 Å². The Balaban J connectivity index is 2.13. The summed E-state index contributed by atoms with van der Waals surface area (Å²) >= 11 is 6.27. The van der Waals surface area contributed by atoms with Crippen LogP contribution in [0.5, 0.6) is 5.75 Å². The van der Waals surface area contributed by atoms with Crippen LogP contribution in [0, 0.1) is 0 Å². The molecule has 1 unspecified atom stereocenters. The van der Waals surface area contributed by atoms with Crippen molar-refractivity contribution in [3.63, 3.8) is 0 Å². The standard InChI is InChI=1S/C18H22ClNO/c1-4-18(14-9-11-15(21-3)12-10-14)20-13(2)16-7-5-6-8-17(16)19/h5-13,18,20H,4H2,1-3H3/t13-,18?/m1/s1. The number of halogens is 1. The van der Waals surface area contributed by atoms with Gasteiger partial charge in [0.15, 0.2) is 0 Å². The average Bonchev–Trinajstić information content (AvgIpc) is 2.53. The molecule has 0 spiro atoms. The molecular formula is C18H22ClNO. The van der Waals surface area contributed by atoms with Gasteiger partial charge in [0, 0.05) is 17.1 Å². The molecule has 2 nitrogen and oxygen atoms in total. The zero-order valence-electron chi connectivity index (χ0n) is 12.8. The third kappa shape index (κ3) is 3.99. The van der Waals surface area contributed by atoms with Gasteiger partial charge in [-0.3, -0.25) is 0 Å². The number of hydrogen-bond acceptors (Lipinski definition) is 2. The molecule has 0 aliphatic carbocycles. The van der Waals surface area contributed by atoms with E-state index in [2.05, 4.69) is 37.4 Å². The van der Waals surface area contributed by atoms with Crippen molar-refractivity contribution in [2.24, 2.45) is 0 Å². The third-order valence-corrected chi connectivity index (χ3v) is 4.09. The van der Waals surface area contributed by atoms with Crippen molar-refractivity contribution in [1.29, 1.82) is 0 Å². The molecule has 0 aromatic heterocycles. The second-order valence-corrected chi connectivity index (χ2v) is 5.55. The van der Waals surface area contributed by atoms with Crippen molar-refractivity contribution in [1.82, 2.24) is 5.32 Å². The Bertz CT molecular complexity index is 568. The van der Waals surface area contributed by atoms with E-state index in [0.717, 1.165) is 22.8 Å². The first kappa shape index (κ1) is 15.9.